The summed E-state index contributed by atoms with van der Waals surface area (Å²) in [6, 6.07) is 1.76. The first kappa shape index (κ1) is 14.8. The molecule has 0 saturated heterocycles. The summed E-state index contributed by atoms with van der Waals surface area (Å²) in [6.07, 6.45) is 1.70. The number of nitrogens with zero attached hydrogens (tertiary/aromatic N) is 1. The van der Waals surface area contributed by atoms with Crippen molar-refractivity contribution in [1.82, 2.24) is 4.98 Å². The Morgan fingerprint density at radius 3 is 2.44 bits per heavy atom. The van der Waals surface area contributed by atoms with Gasteiger partial charge in [0, 0.05) is 6.20 Å². The molecule has 1 N–H and O–H groups in total. The lowest BCUT2D eigenvalue weighted by molar-refractivity contribution is 0.399. The van der Waals surface area contributed by atoms with Crippen LogP contribution < -0.4 is 9.46 Å². The van der Waals surface area contributed by atoms with Crippen molar-refractivity contribution in [2.75, 3.05) is 17.6 Å². The highest BCUT2D eigenvalue weighted by atomic mass is 32.2. The lowest BCUT2D eigenvalue weighted by Crippen LogP contribution is -2.17. The Balaban J connectivity index is 3.23. The van der Waals surface area contributed by atoms with E-state index in [1.165, 1.54) is 7.11 Å². The molecule has 0 unspecified atom stereocenters. The van der Waals surface area contributed by atoms with Crippen LogP contribution in [0.1, 0.15) is 33.3 Å². The highest BCUT2D eigenvalue weighted by Crippen LogP contribution is 2.29. The molecule has 0 aromatic carbocycles. The zero-order chi connectivity index (χ0) is 14.0. The van der Waals surface area contributed by atoms with Crippen LogP contribution in [0.2, 0.25) is 0 Å². The van der Waals surface area contributed by atoms with Crippen molar-refractivity contribution in [3.05, 3.63) is 17.8 Å². The van der Waals surface area contributed by atoms with Crippen molar-refractivity contribution >= 4 is 15.7 Å². The summed E-state index contributed by atoms with van der Waals surface area (Å²) in [7, 11) is -1.88. The van der Waals surface area contributed by atoms with E-state index in [4.69, 9.17) is 4.74 Å². The maximum atomic E-state index is 11.6. The predicted molar refractivity (Wildman–Crippen MR) is 72.6 cm³/mol. The van der Waals surface area contributed by atoms with Crippen molar-refractivity contribution in [3.8, 4) is 5.88 Å². The molecule has 18 heavy (non-hydrogen) atoms. The number of aromatic nitrogens is 1. The molecule has 6 heteroatoms. The monoisotopic (exact) mass is 272 g/mol. The van der Waals surface area contributed by atoms with Crippen LogP contribution in [-0.2, 0) is 15.4 Å². The third-order valence-corrected chi connectivity index (χ3v) is 3.85. The average Bonchev–Trinajstić information content (AvgIpc) is 2.27. The molecule has 0 fully saturated rings. The van der Waals surface area contributed by atoms with Crippen molar-refractivity contribution in [3.63, 3.8) is 0 Å². The van der Waals surface area contributed by atoms with E-state index >= 15 is 0 Å². The normalized spacial score (nSPS) is 12.3. The Bertz CT molecular complexity index is 519. The van der Waals surface area contributed by atoms with Gasteiger partial charge in [-0.05, 0) is 24.0 Å². The molecule has 0 radical (unpaired) electrons. The Labute approximate surface area is 109 Å². The molecule has 0 aliphatic heterocycles. The number of nitrogens with one attached hydrogen (secondary N) is 1. The van der Waals surface area contributed by atoms with Gasteiger partial charge in [-0.15, -0.1) is 0 Å². The van der Waals surface area contributed by atoms with Gasteiger partial charge in [0.2, 0.25) is 15.9 Å². The smallest absolute Gasteiger partial charge is 0.238 e. The first-order valence-electron chi connectivity index (χ1n) is 5.74. The number of pyridine rings is 1. The molecule has 1 aromatic rings. The first-order valence-corrected chi connectivity index (χ1v) is 7.40. The quantitative estimate of drug-likeness (QED) is 0.912. The molecule has 0 bridgehead atoms. The lowest BCUT2D eigenvalue weighted by atomic mass is 9.88. The van der Waals surface area contributed by atoms with Gasteiger partial charge in [-0.3, -0.25) is 4.72 Å². The van der Waals surface area contributed by atoms with Crippen LogP contribution >= 0.6 is 0 Å². The van der Waals surface area contributed by atoms with E-state index in [0.717, 1.165) is 5.56 Å². The third kappa shape index (κ3) is 3.60. The number of anilines is 1. The molecule has 5 nitrogen and oxygen atoms in total. The molecule has 0 spiro atoms. The molecule has 1 heterocycles. The van der Waals surface area contributed by atoms with Gasteiger partial charge in [0.15, 0.2) is 0 Å². The van der Waals surface area contributed by atoms with E-state index in [0.29, 0.717) is 5.69 Å². The second-order valence-corrected chi connectivity index (χ2v) is 7.05. The van der Waals surface area contributed by atoms with Gasteiger partial charge >= 0.3 is 0 Å². The van der Waals surface area contributed by atoms with Gasteiger partial charge in [-0.2, -0.15) is 0 Å². The van der Waals surface area contributed by atoms with Gasteiger partial charge < -0.3 is 4.74 Å². The van der Waals surface area contributed by atoms with E-state index in [1.54, 1.807) is 19.2 Å². The molecule has 0 atom stereocenters. The topological polar surface area (TPSA) is 68.3 Å². The predicted octanol–water partition coefficient (Wildman–Crippen LogP) is 2.15. The standard InChI is InChI=1S/C12H20N2O3S/c1-6-18(15,16)14-10-7-9(12(2,3)4)8-13-11(10)17-5/h7-8,14H,6H2,1-5H3. The Kier molecular flexibility index (Phi) is 4.21. The second kappa shape index (κ2) is 5.14. The molecule has 1 rings (SSSR count). The Morgan fingerprint density at radius 2 is 2.00 bits per heavy atom. The summed E-state index contributed by atoms with van der Waals surface area (Å²) in [6.45, 7) is 7.69. The minimum atomic E-state index is -3.34. The largest absolute Gasteiger partial charge is 0.480 e. The molecular formula is C12H20N2O3S. The van der Waals surface area contributed by atoms with Gasteiger partial charge in [-0.1, -0.05) is 20.8 Å². The van der Waals surface area contributed by atoms with Crippen LogP contribution in [0, 0.1) is 0 Å². The number of methoxy groups -OCH3 is 1. The average molecular weight is 272 g/mol. The van der Waals surface area contributed by atoms with E-state index in [2.05, 4.69) is 9.71 Å². The van der Waals surface area contributed by atoms with Crippen molar-refractivity contribution in [1.29, 1.82) is 0 Å². The number of hydrogen-bond donors (Lipinski definition) is 1. The van der Waals surface area contributed by atoms with Crippen LogP contribution in [0.5, 0.6) is 5.88 Å². The maximum absolute atomic E-state index is 11.6. The molecule has 0 aliphatic carbocycles. The number of rotatable bonds is 4. The first-order chi connectivity index (χ1) is 8.19. The lowest BCUT2D eigenvalue weighted by Gasteiger charge is -2.20. The van der Waals surface area contributed by atoms with Gasteiger partial charge in [-0.25, -0.2) is 13.4 Å². The highest BCUT2D eigenvalue weighted by molar-refractivity contribution is 7.92. The minimum Gasteiger partial charge on any atom is -0.480 e. The van der Waals surface area contributed by atoms with Gasteiger partial charge in [0.1, 0.15) is 5.69 Å². The molecule has 0 amide bonds. The summed E-state index contributed by atoms with van der Waals surface area (Å²) in [5.74, 6) is 0.288. The fourth-order valence-corrected chi connectivity index (χ4v) is 1.96. The summed E-state index contributed by atoms with van der Waals surface area (Å²) < 4.78 is 30.8. The maximum Gasteiger partial charge on any atom is 0.238 e. The van der Waals surface area contributed by atoms with Crippen LogP contribution in [0.3, 0.4) is 0 Å². The Morgan fingerprint density at radius 1 is 1.39 bits per heavy atom. The van der Waals surface area contributed by atoms with Gasteiger partial charge in [0.05, 0.1) is 12.9 Å². The fourth-order valence-electron chi connectivity index (χ4n) is 1.34. The van der Waals surface area contributed by atoms with Crippen LogP contribution in [0.15, 0.2) is 12.3 Å². The fraction of sp³-hybridized carbons (Fsp3) is 0.583. The summed E-state index contributed by atoms with van der Waals surface area (Å²) >= 11 is 0. The van der Waals surface area contributed by atoms with Gasteiger partial charge in [0.25, 0.3) is 0 Å². The highest BCUT2D eigenvalue weighted by Gasteiger charge is 2.19. The molecule has 0 aliphatic rings. The molecule has 0 saturated carbocycles. The summed E-state index contributed by atoms with van der Waals surface area (Å²) in [5.41, 5.74) is 1.22. The van der Waals surface area contributed by atoms with Crippen molar-refractivity contribution < 1.29 is 13.2 Å². The summed E-state index contributed by atoms with van der Waals surface area (Å²) in [4.78, 5) is 4.13. The molecule has 1 aromatic heterocycles. The number of hydrogen-bond acceptors (Lipinski definition) is 4. The van der Waals surface area contributed by atoms with E-state index < -0.39 is 10.0 Å². The second-order valence-electron chi connectivity index (χ2n) is 5.04. The van der Waals surface area contributed by atoms with E-state index in [-0.39, 0.29) is 17.0 Å². The Hall–Kier alpha value is -1.30. The zero-order valence-corrected chi connectivity index (χ0v) is 12.3. The number of ether oxygens (including phenoxy) is 1. The SMILES string of the molecule is CCS(=O)(=O)Nc1cc(C(C)(C)C)cnc1OC. The van der Waals surface area contributed by atoms with Crippen molar-refractivity contribution in [2.45, 2.75) is 33.1 Å². The third-order valence-electron chi connectivity index (χ3n) is 2.56. The number of sulfonamides is 1. The van der Waals surface area contributed by atoms with Crippen LogP contribution in [0.4, 0.5) is 5.69 Å². The van der Waals surface area contributed by atoms with E-state index in [1.807, 2.05) is 20.8 Å². The minimum absolute atomic E-state index is 0.00982. The zero-order valence-electron chi connectivity index (χ0n) is 11.4. The van der Waals surface area contributed by atoms with Crippen molar-refractivity contribution in [2.24, 2.45) is 0 Å². The molecule has 102 valence electrons. The van der Waals surface area contributed by atoms with E-state index in [9.17, 15) is 8.42 Å². The van der Waals surface area contributed by atoms with Crippen LogP contribution in [-0.4, -0.2) is 26.3 Å². The summed E-state index contributed by atoms with van der Waals surface area (Å²) in [5, 5.41) is 0. The van der Waals surface area contributed by atoms with Crippen LogP contribution in [0.25, 0.3) is 0 Å². The molecular weight excluding hydrogens is 252 g/mol.